The van der Waals surface area contributed by atoms with Gasteiger partial charge in [0.1, 0.15) is 6.61 Å². The molecule has 2 saturated carbocycles. The average molecular weight is 290 g/mol. The molecule has 0 heterocycles. The number of carbonyl (C=O) groups is 1. The molecule has 2 N–H and O–H groups in total. The SMILES string of the molecule is O=C(Nc1ccc(Cl)cc1C#CCO)C1CC2CC2C1. The third kappa shape index (κ3) is 2.82. The first-order valence-electron chi connectivity index (χ1n) is 6.87. The summed E-state index contributed by atoms with van der Waals surface area (Å²) in [5.41, 5.74) is 1.31. The van der Waals surface area contributed by atoms with Crippen LogP contribution >= 0.6 is 11.6 Å². The van der Waals surface area contributed by atoms with Crippen LogP contribution in [0.2, 0.25) is 5.02 Å². The van der Waals surface area contributed by atoms with Gasteiger partial charge in [-0.05, 0) is 49.3 Å². The lowest BCUT2D eigenvalue weighted by atomic mass is 10.0. The Kier molecular flexibility index (Phi) is 3.69. The van der Waals surface area contributed by atoms with Gasteiger partial charge in [0.05, 0.1) is 5.69 Å². The number of hydrogen-bond acceptors (Lipinski definition) is 2. The van der Waals surface area contributed by atoms with Crippen molar-refractivity contribution < 1.29 is 9.90 Å². The second-order valence-electron chi connectivity index (χ2n) is 5.56. The zero-order valence-electron chi connectivity index (χ0n) is 11.0. The Morgan fingerprint density at radius 1 is 1.35 bits per heavy atom. The van der Waals surface area contributed by atoms with Crippen LogP contribution in [-0.2, 0) is 4.79 Å². The minimum atomic E-state index is -0.216. The Morgan fingerprint density at radius 3 is 2.80 bits per heavy atom. The Morgan fingerprint density at radius 2 is 2.10 bits per heavy atom. The number of carbonyl (C=O) groups excluding carboxylic acids is 1. The second-order valence-corrected chi connectivity index (χ2v) is 6.00. The quantitative estimate of drug-likeness (QED) is 0.823. The van der Waals surface area contributed by atoms with Crippen molar-refractivity contribution in [2.24, 2.45) is 17.8 Å². The minimum Gasteiger partial charge on any atom is -0.384 e. The van der Waals surface area contributed by atoms with Gasteiger partial charge >= 0.3 is 0 Å². The van der Waals surface area contributed by atoms with E-state index in [1.165, 1.54) is 6.42 Å². The van der Waals surface area contributed by atoms with E-state index in [-0.39, 0.29) is 18.4 Å². The molecule has 3 nitrogen and oxygen atoms in total. The first-order chi connectivity index (χ1) is 9.67. The predicted octanol–water partition coefficient (Wildman–Crippen LogP) is 2.67. The number of hydrogen-bond donors (Lipinski definition) is 2. The lowest BCUT2D eigenvalue weighted by Crippen LogP contribution is -2.22. The predicted molar refractivity (Wildman–Crippen MR) is 78.4 cm³/mol. The summed E-state index contributed by atoms with van der Waals surface area (Å²) in [5.74, 6) is 7.17. The molecule has 0 bridgehead atoms. The molecule has 0 aromatic heterocycles. The first kappa shape index (κ1) is 13.5. The Balaban J connectivity index is 1.74. The van der Waals surface area contributed by atoms with E-state index in [4.69, 9.17) is 16.7 Å². The molecule has 2 aliphatic carbocycles. The molecule has 1 amide bonds. The van der Waals surface area contributed by atoms with E-state index >= 15 is 0 Å². The van der Waals surface area contributed by atoms with Crippen LogP contribution in [0.25, 0.3) is 0 Å². The van der Waals surface area contributed by atoms with Crippen molar-refractivity contribution in [3.63, 3.8) is 0 Å². The minimum absolute atomic E-state index is 0.0755. The second kappa shape index (κ2) is 5.47. The first-order valence-corrected chi connectivity index (χ1v) is 7.25. The van der Waals surface area contributed by atoms with Crippen LogP contribution in [0.5, 0.6) is 0 Å². The highest BCUT2D eigenvalue weighted by atomic mass is 35.5. The van der Waals surface area contributed by atoms with Gasteiger partial charge in [-0.15, -0.1) is 0 Å². The fraction of sp³-hybridized carbons (Fsp3) is 0.438. The highest BCUT2D eigenvalue weighted by Gasteiger charge is 2.48. The van der Waals surface area contributed by atoms with E-state index in [1.54, 1.807) is 18.2 Å². The van der Waals surface area contributed by atoms with E-state index < -0.39 is 0 Å². The van der Waals surface area contributed by atoms with Gasteiger partial charge in [-0.3, -0.25) is 4.79 Å². The van der Waals surface area contributed by atoms with Crippen LogP contribution in [0.1, 0.15) is 24.8 Å². The number of rotatable bonds is 2. The highest BCUT2D eigenvalue weighted by Crippen LogP contribution is 2.54. The number of nitrogens with one attached hydrogen (secondary N) is 1. The van der Waals surface area contributed by atoms with Crippen molar-refractivity contribution in [2.75, 3.05) is 11.9 Å². The van der Waals surface area contributed by atoms with E-state index in [1.807, 2.05) is 0 Å². The molecule has 2 fully saturated rings. The van der Waals surface area contributed by atoms with Crippen molar-refractivity contribution in [3.05, 3.63) is 28.8 Å². The molecule has 1 aromatic carbocycles. The Hall–Kier alpha value is -1.50. The normalized spacial score (nSPS) is 26.4. The fourth-order valence-corrected chi connectivity index (χ4v) is 3.20. The zero-order chi connectivity index (χ0) is 14.1. The molecule has 0 saturated heterocycles. The third-order valence-corrected chi connectivity index (χ3v) is 4.39. The lowest BCUT2D eigenvalue weighted by molar-refractivity contribution is -0.120. The molecule has 2 aliphatic rings. The van der Waals surface area contributed by atoms with Gasteiger partial charge in [0.2, 0.25) is 5.91 Å². The lowest BCUT2D eigenvalue weighted by Gasteiger charge is -2.13. The largest absolute Gasteiger partial charge is 0.384 e. The van der Waals surface area contributed by atoms with Crippen molar-refractivity contribution in [1.82, 2.24) is 0 Å². The molecule has 0 radical (unpaired) electrons. The van der Waals surface area contributed by atoms with Gasteiger partial charge in [0.25, 0.3) is 0 Å². The summed E-state index contributed by atoms with van der Waals surface area (Å²) in [6.07, 6.45) is 3.33. The monoisotopic (exact) mass is 289 g/mol. The van der Waals surface area contributed by atoms with E-state index in [2.05, 4.69) is 17.2 Å². The summed E-state index contributed by atoms with van der Waals surface area (Å²) in [5, 5.41) is 12.3. The molecule has 0 aliphatic heterocycles. The summed E-state index contributed by atoms with van der Waals surface area (Å²) < 4.78 is 0. The van der Waals surface area contributed by atoms with Crippen molar-refractivity contribution in [2.45, 2.75) is 19.3 Å². The Bertz CT molecular complexity index is 592. The summed E-state index contributed by atoms with van der Waals surface area (Å²) in [6.45, 7) is -0.216. The molecule has 2 atom stereocenters. The molecular formula is C16H16ClNO2. The summed E-state index contributed by atoms with van der Waals surface area (Å²) in [6, 6.07) is 5.19. The van der Waals surface area contributed by atoms with Gasteiger partial charge < -0.3 is 10.4 Å². The Labute approximate surface area is 123 Å². The van der Waals surface area contributed by atoms with Crippen LogP contribution < -0.4 is 5.32 Å². The van der Waals surface area contributed by atoms with Crippen molar-refractivity contribution >= 4 is 23.2 Å². The van der Waals surface area contributed by atoms with Crippen LogP contribution in [0.4, 0.5) is 5.69 Å². The standard InChI is InChI=1S/C16H16ClNO2/c17-14-3-4-15(10(9-14)2-1-5-19)18-16(20)13-7-11-6-12(11)8-13/h3-4,9,11-13,19H,5-8H2,(H,18,20). The number of aliphatic hydroxyl groups is 1. The number of benzene rings is 1. The number of anilines is 1. The fourth-order valence-electron chi connectivity index (χ4n) is 3.03. The molecule has 104 valence electrons. The highest BCUT2D eigenvalue weighted by molar-refractivity contribution is 6.30. The smallest absolute Gasteiger partial charge is 0.227 e. The van der Waals surface area contributed by atoms with Gasteiger partial charge in [-0.2, -0.15) is 0 Å². The molecule has 3 rings (SSSR count). The van der Waals surface area contributed by atoms with Gasteiger partial charge in [-0.25, -0.2) is 0 Å². The van der Waals surface area contributed by atoms with Crippen LogP contribution in [-0.4, -0.2) is 17.6 Å². The third-order valence-electron chi connectivity index (χ3n) is 4.16. The number of halogens is 1. The zero-order valence-corrected chi connectivity index (χ0v) is 11.8. The van der Waals surface area contributed by atoms with Crippen molar-refractivity contribution in [3.8, 4) is 11.8 Å². The summed E-state index contributed by atoms with van der Waals surface area (Å²) in [7, 11) is 0. The molecule has 20 heavy (non-hydrogen) atoms. The van der Waals surface area contributed by atoms with E-state index in [0.29, 0.717) is 16.3 Å². The molecule has 2 unspecified atom stereocenters. The molecule has 0 spiro atoms. The maximum absolute atomic E-state index is 12.3. The number of amides is 1. The van der Waals surface area contributed by atoms with E-state index in [0.717, 1.165) is 24.7 Å². The molecule has 1 aromatic rings. The van der Waals surface area contributed by atoms with Crippen LogP contribution in [0, 0.1) is 29.6 Å². The topological polar surface area (TPSA) is 49.3 Å². The van der Waals surface area contributed by atoms with Gasteiger partial charge in [-0.1, -0.05) is 23.4 Å². The van der Waals surface area contributed by atoms with Crippen LogP contribution in [0.3, 0.4) is 0 Å². The van der Waals surface area contributed by atoms with Gasteiger partial charge in [0.15, 0.2) is 0 Å². The average Bonchev–Trinajstić information content (AvgIpc) is 3.05. The number of aliphatic hydroxyl groups excluding tert-OH is 1. The number of fused-ring (bicyclic) bond motifs is 1. The maximum atomic E-state index is 12.3. The molecule has 4 heteroatoms. The maximum Gasteiger partial charge on any atom is 0.227 e. The van der Waals surface area contributed by atoms with E-state index in [9.17, 15) is 4.79 Å². The van der Waals surface area contributed by atoms with Crippen molar-refractivity contribution in [1.29, 1.82) is 0 Å². The van der Waals surface area contributed by atoms with Crippen LogP contribution in [0.15, 0.2) is 18.2 Å². The molecular weight excluding hydrogens is 274 g/mol. The summed E-state index contributed by atoms with van der Waals surface area (Å²) in [4.78, 5) is 12.3. The van der Waals surface area contributed by atoms with Gasteiger partial charge in [0, 0.05) is 16.5 Å². The summed E-state index contributed by atoms with van der Waals surface area (Å²) >= 11 is 5.94.